The largest absolute Gasteiger partial charge is 0.326 e. The molecule has 2 nitrogen and oxygen atoms in total. The monoisotopic (exact) mass is 301 g/mol. The third-order valence-corrected chi connectivity index (χ3v) is 3.56. The van der Waals surface area contributed by atoms with Crippen LogP contribution >= 0.6 is 11.6 Å². The van der Waals surface area contributed by atoms with Crippen molar-refractivity contribution in [3.05, 3.63) is 65.7 Å². The zero-order chi connectivity index (χ0) is 14.9. The molecule has 0 aromatic heterocycles. The Morgan fingerprint density at radius 2 is 1.71 bits per heavy atom. The first-order chi connectivity index (χ1) is 10.3. The lowest BCUT2D eigenvalue weighted by atomic mass is 10.1. The SMILES string of the molecule is O=C(CCc1ccccc1)Nc1cccc(CCCCl)c1. The Balaban J connectivity index is 1.84. The highest BCUT2D eigenvalue weighted by molar-refractivity contribution is 6.17. The van der Waals surface area contributed by atoms with Gasteiger partial charge in [0, 0.05) is 18.0 Å². The van der Waals surface area contributed by atoms with Gasteiger partial charge in [-0.1, -0.05) is 42.5 Å². The fourth-order valence-corrected chi connectivity index (χ4v) is 2.34. The summed E-state index contributed by atoms with van der Waals surface area (Å²) in [6.07, 6.45) is 3.15. The molecule has 0 heterocycles. The van der Waals surface area contributed by atoms with Crippen LogP contribution in [0.25, 0.3) is 0 Å². The maximum absolute atomic E-state index is 12.0. The third kappa shape index (κ3) is 5.60. The topological polar surface area (TPSA) is 29.1 Å². The predicted octanol–water partition coefficient (Wildman–Crippen LogP) is 4.43. The van der Waals surface area contributed by atoms with Gasteiger partial charge in [-0.15, -0.1) is 11.6 Å². The van der Waals surface area contributed by atoms with E-state index in [9.17, 15) is 4.79 Å². The normalized spacial score (nSPS) is 10.3. The predicted molar refractivity (Wildman–Crippen MR) is 88.9 cm³/mol. The molecule has 2 aromatic carbocycles. The smallest absolute Gasteiger partial charge is 0.224 e. The van der Waals surface area contributed by atoms with Crippen LogP contribution in [-0.2, 0) is 17.6 Å². The lowest BCUT2D eigenvalue weighted by Gasteiger charge is -2.07. The average molecular weight is 302 g/mol. The van der Waals surface area contributed by atoms with Gasteiger partial charge in [0.05, 0.1) is 0 Å². The number of hydrogen-bond donors (Lipinski definition) is 1. The summed E-state index contributed by atoms with van der Waals surface area (Å²) in [6, 6.07) is 18.0. The van der Waals surface area contributed by atoms with Crippen molar-refractivity contribution in [3.8, 4) is 0 Å². The van der Waals surface area contributed by atoms with E-state index in [0.717, 1.165) is 24.9 Å². The Bertz CT molecular complexity index is 568. The molecule has 2 rings (SSSR count). The van der Waals surface area contributed by atoms with E-state index in [1.54, 1.807) is 0 Å². The molecule has 0 aliphatic rings. The summed E-state index contributed by atoms with van der Waals surface area (Å²) in [5, 5.41) is 2.96. The van der Waals surface area contributed by atoms with E-state index in [2.05, 4.69) is 11.4 Å². The number of halogens is 1. The van der Waals surface area contributed by atoms with Crippen molar-refractivity contribution in [2.75, 3.05) is 11.2 Å². The number of carbonyl (C=O) groups is 1. The second-order valence-corrected chi connectivity index (χ2v) is 5.40. The van der Waals surface area contributed by atoms with Crippen molar-refractivity contribution in [2.24, 2.45) is 0 Å². The van der Waals surface area contributed by atoms with Gasteiger partial charge in [-0.3, -0.25) is 4.79 Å². The molecule has 0 spiro atoms. The first-order valence-electron chi connectivity index (χ1n) is 7.26. The molecule has 110 valence electrons. The lowest BCUT2D eigenvalue weighted by Crippen LogP contribution is -2.12. The maximum Gasteiger partial charge on any atom is 0.224 e. The second kappa shape index (κ2) is 8.48. The first-order valence-corrected chi connectivity index (χ1v) is 7.80. The summed E-state index contributed by atoms with van der Waals surface area (Å²) >= 11 is 5.71. The number of amides is 1. The Labute approximate surface area is 131 Å². The van der Waals surface area contributed by atoms with E-state index in [-0.39, 0.29) is 5.91 Å². The highest BCUT2D eigenvalue weighted by atomic mass is 35.5. The molecule has 0 bridgehead atoms. The van der Waals surface area contributed by atoms with Gasteiger partial charge in [-0.25, -0.2) is 0 Å². The van der Waals surface area contributed by atoms with Crippen molar-refractivity contribution in [1.82, 2.24) is 0 Å². The van der Waals surface area contributed by atoms with Gasteiger partial charge in [0.2, 0.25) is 5.91 Å². The molecule has 3 heteroatoms. The molecule has 0 unspecified atom stereocenters. The molecule has 1 N–H and O–H groups in total. The number of rotatable bonds is 7. The minimum absolute atomic E-state index is 0.0494. The number of alkyl halides is 1. The van der Waals surface area contributed by atoms with Crippen LogP contribution in [0.3, 0.4) is 0 Å². The Hall–Kier alpha value is -1.80. The van der Waals surface area contributed by atoms with Crippen LogP contribution in [0.5, 0.6) is 0 Å². The molecule has 0 radical (unpaired) electrons. The number of nitrogens with one attached hydrogen (secondary N) is 1. The fraction of sp³-hybridized carbons (Fsp3) is 0.278. The van der Waals surface area contributed by atoms with E-state index in [1.807, 2.05) is 48.5 Å². The summed E-state index contributed by atoms with van der Waals surface area (Å²) in [7, 11) is 0. The second-order valence-electron chi connectivity index (χ2n) is 5.03. The molecule has 2 aromatic rings. The molecule has 21 heavy (non-hydrogen) atoms. The Morgan fingerprint density at radius 1 is 0.952 bits per heavy atom. The summed E-state index contributed by atoms with van der Waals surface area (Å²) in [6.45, 7) is 0. The molecule has 0 aliphatic carbocycles. The van der Waals surface area contributed by atoms with Crippen LogP contribution in [0.4, 0.5) is 5.69 Å². The van der Waals surface area contributed by atoms with E-state index < -0.39 is 0 Å². The average Bonchev–Trinajstić information content (AvgIpc) is 2.52. The fourth-order valence-electron chi connectivity index (χ4n) is 2.20. The standard InChI is InChI=1S/C18H20ClNO/c19-13-5-9-16-8-4-10-17(14-16)20-18(21)12-11-15-6-2-1-3-7-15/h1-4,6-8,10,14H,5,9,11-13H2,(H,20,21). The maximum atomic E-state index is 12.0. The van der Waals surface area contributed by atoms with Crippen LogP contribution in [0.15, 0.2) is 54.6 Å². The van der Waals surface area contributed by atoms with Crippen LogP contribution in [0.1, 0.15) is 24.0 Å². The summed E-state index contributed by atoms with van der Waals surface area (Å²) in [4.78, 5) is 12.0. The zero-order valence-corrected chi connectivity index (χ0v) is 12.8. The van der Waals surface area contributed by atoms with E-state index in [0.29, 0.717) is 12.3 Å². The zero-order valence-electron chi connectivity index (χ0n) is 12.0. The van der Waals surface area contributed by atoms with E-state index in [4.69, 9.17) is 11.6 Å². The number of anilines is 1. The van der Waals surface area contributed by atoms with Crippen LogP contribution in [-0.4, -0.2) is 11.8 Å². The summed E-state index contributed by atoms with van der Waals surface area (Å²) in [5.74, 6) is 0.710. The van der Waals surface area contributed by atoms with Crippen molar-refractivity contribution >= 4 is 23.2 Å². The molecule has 1 amide bonds. The minimum atomic E-state index is 0.0494. The van der Waals surface area contributed by atoms with Crippen molar-refractivity contribution < 1.29 is 4.79 Å². The quantitative estimate of drug-likeness (QED) is 0.753. The van der Waals surface area contributed by atoms with Gasteiger partial charge in [0.25, 0.3) is 0 Å². The molecule has 0 aliphatic heterocycles. The number of hydrogen-bond acceptors (Lipinski definition) is 1. The van der Waals surface area contributed by atoms with Crippen LogP contribution in [0, 0.1) is 0 Å². The molecule has 0 saturated carbocycles. The van der Waals surface area contributed by atoms with E-state index >= 15 is 0 Å². The highest BCUT2D eigenvalue weighted by Crippen LogP contribution is 2.13. The van der Waals surface area contributed by atoms with Crippen molar-refractivity contribution in [2.45, 2.75) is 25.7 Å². The van der Waals surface area contributed by atoms with Crippen molar-refractivity contribution in [3.63, 3.8) is 0 Å². The van der Waals surface area contributed by atoms with Crippen LogP contribution in [0.2, 0.25) is 0 Å². The van der Waals surface area contributed by atoms with Crippen LogP contribution < -0.4 is 5.32 Å². The van der Waals surface area contributed by atoms with Crippen molar-refractivity contribution in [1.29, 1.82) is 0 Å². The minimum Gasteiger partial charge on any atom is -0.326 e. The molecule has 0 atom stereocenters. The van der Waals surface area contributed by atoms with Gasteiger partial charge in [0.15, 0.2) is 0 Å². The summed E-state index contributed by atoms with van der Waals surface area (Å²) < 4.78 is 0. The number of carbonyl (C=O) groups excluding carboxylic acids is 1. The molecular weight excluding hydrogens is 282 g/mol. The van der Waals surface area contributed by atoms with Gasteiger partial charge in [0.1, 0.15) is 0 Å². The third-order valence-electron chi connectivity index (χ3n) is 3.29. The molecular formula is C18H20ClNO. The number of aryl methyl sites for hydroxylation is 2. The van der Waals surface area contributed by atoms with Gasteiger partial charge >= 0.3 is 0 Å². The number of benzene rings is 2. The Morgan fingerprint density at radius 3 is 2.48 bits per heavy atom. The van der Waals surface area contributed by atoms with Gasteiger partial charge in [-0.05, 0) is 42.5 Å². The van der Waals surface area contributed by atoms with Gasteiger partial charge in [-0.2, -0.15) is 0 Å². The van der Waals surface area contributed by atoms with Gasteiger partial charge < -0.3 is 5.32 Å². The van der Waals surface area contributed by atoms with E-state index in [1.165, 1.54) is 11.1 Å². The Kier molecular flexibility index (Phi) is 6.29. The lowest BCUT2D eigenvalue weighted by molar-refractivity contribution is -0.116. The summed E-state index contributed by atoms with van der Waals surface area (Å²) in [5.41, 5.74) is 3.25. The highest BCUT2D eigenvalue weighted by Gasteiger charge is 2.04. The first kappa shape index (κ1) is 15.6. The molecule has 0 saturated heterocycles. The molecule has 0 fully saturated rings.